The highest BCUT2D eigenvalue weighted by Gasteiger charge is 2.14. The van der Waals surface area contributed by atoms with Crippen LogP contribution in [-0.2, 0) is 11.2 Å². The van der Waals surface area contributed by atoms with Gasteiger partial charge in [0.05, 0.1) is 12.7 Å². The molecule has 0 aliphatic rings. The van der Waals surface area contributed by atoms with E-state index in [9.17, 15) is 4.79 Å². The number of rotatable bonds is 4. The van der Waals surface area contributed by atoms with E-state index < -0.39 is 0 Å². The Balaban J connectivity index is 1.86. The lowest BCUT2D eigenvalue weighted by Gasteiger charge is -2.11. The van der Waals surface area contributed by atoms with E-state index in [0.29, 0.717) is 12.3 Å². The third-order valence-corrected chi connectivity index (χ3v) is 4.68. The number of hydrogen-bond donors (Lipinski definition) is 1. The van der Waals surface area contributed by atoms with Crippen molar-refractivity contribution < 1.29 is 9.21 Å². The van der Waals surface area contributed by atoms with Gasteiger partial charge in [0, 0.05) is 16.6 Å². The quantitative estimate of drug-likeness (QED) is 0.668. The van der Waals surface area contributed by atoms with E-state index in [2.05, 4.69) is 38.2 Å². The summed E-state index contributed by atoms with van der Waals surface area (Å²) in [6, 6.07) is 10.3. The number of anilines is 1. The minimum Gasteiger partial charge on any atom is -0.464 e. The van der Waals surface area contributed by atoms with E-state index in [1.54, 1.807) is 6.26 Å². The Labute approximate surface area is 149 Å². The lowest BCUT2D eigenvalue weighted by atomic mass is 9.95. The van der Waals surface area contributed by atoms with Crippen LogP contribution in [0.5, 0.6) is 0 Å². The highest BCUT2D eigenvalue weighted by molar-refractivity contribution is 5.96. The average molecular weight is 335 g/mol. The SMILES string of the molecule is Cc1ccc(C)c(NC(=O)Cc2coc3cc(C)c(C(C)C)cc23)c1. The first-order chi connectivity index (χ1) is 11.8. The van der Waals surface area contributed by atoms with Gasteiger partial charge < -0.3 is 9.73 Å². The van der Waals surface area contributed by atoms with Crippen molar-refractivity contribution in [1.29, 1.82) is 0 Å². The number of benzene rings is 2. The minimum atomic E-state index is -0.0249. The summed E-state index contributed by atoms with van der Waals surface area (Å²) in [7, 11) is 0. The molecule has 0 spiro atoms. The molecule has 3 rings (SSSR count). The Bertz CT molecular complexity index is 935. The number of nitrogens with one attached hydrogen (secondary N) is 1. The van der Waals surface area contributed by atoms with Gasteiger partial charge in [-0.3, -0.25) is 4.79 Å². The fraction of sp³-hybridized carbons (Fsp3) is 0.318. The Morgan fingerprint density at radius 2 is 1.84 bits per heavy atom. The summed E-state index contributed by atoms with van der Waals surface area (Å²) in [6.45, 7) is 10.5. The van der Waals surface area contributed by atoms with Crippen LogP contribution in [0, 0.1) is 20.8 Å². The van der Waals surface area contributed by atoms with Crippen molar-refractivity contribution in [3.63, 3.8) is 0 Å². The summed E-state index contributed by atoms with van der Waals surface area (Å²) in [5.41, 5.74) is 7.36. The molecule has 0 saturated carbocycles. The van der Waals surface area contributed by atoms with Crippen molar-refractivity contribution in [3.8, 4) is 0 Å². The van der Waals surface area contributed by atoms with Crippen molar-refractivity contribution in [2.45, 2.75) is 47.0 Å². The zero-order valence-corrected chi connectivity index (χ0v) is 15.6. The van der Waals surface area contributed by atoms with Gasteiger partial charge in [-0.25, -0.2) is 0 Å². The molecule has 1 N–H and O–H groups in total. The van der Waals surface area contributed by atoms with Crippen molar-refractivity contribution in [1.82, 2.24) is 0 Å². The highest BCUT2D eigenvalue weighted by Crippen LogP contribution is 2.29. The number of carbonyl (C=O) groups excluding carboxylic acids is 1. The van der Waals surface area contributed by atoms with Gasteiger partial charge in [-0.05, 0) is 67.1 Å². The predicted molar refractivity (Wildman–Crippen MR) is 103 cm³/mol. The summed E-state index contributed by atoms with van der Waals surface area (Å²) >= 11 is 0. The molecule has 0 bridgehead atoms. The fourth-order valence-corrected chi connectivity index (χ4v) is 3.24. The van der Waals surface area contributed by atoms with Crippen molar-refractivity contribution in [3.05, 3.63) is 64.4 Å². The molecule has 0 aliphatic heterocycles. The zero-order valence-electron chi connectivity index (χ0n) is 15.6. The van der Waals surface area contributed by atoms with Crippen LogP contribution in [0.25, 0.3) is 11.0 Å². The second kappa shape index (κ2) is 6.75. The summed E-state index contributed by atoms with van der Waals surface area (Å²) in [5, 5.41) is 4.05. The second-order valence-electron chi connectivity index (χ2n) is 7.16. The number of amides is 1. The lowest BCUT2D eigenvalue weighted by Crippen LogP contribution is -2.15. The van der Waals surface area contributed by atoms with E-state index in [0.717, 1.165) is 33.3 Å². The minimum absolute atomic E-state index is 0.0249. The maximum Gasteiger partial charge on any atom is 0.228 e. The summed E-state index contributed by atoms with van der Waals surface area (Å²) in [5.74, 6) is 0.416. The first-order valence-electron chi connectivity index (χ1n) is 8.73. The molecule has 25 heavy (non-hydrogen) atoms. The third kappa shape index (κ3) is 3.60. The molecule has 1 heterocycles. The normalized spacial score (nSPS) is 11.3. The molecule has 0 saturated heterocycles. The van der Waals surface area contributed by atoms with E-state index in [-0.39, 0.29) is 5.91 Å². The van der Waals surface area contributed by atoms with Gasteiger partial charge in [-0.15, -0.1) is 0 Å². The summed E-state index contributed by atoms with van der Waals surface area (Å²) in [6.07, 6.45) is 2.01. The maximum absolute atomic E-state index is 12.5. The van der Waals surface area contributed by atoms with Gasteiger partial charge in [-0.1, -0.05) is 26.0 Å². The highest BCUT2D eigenvalue weighted by atomic mass is 16.3. The topological polar surface area (TPSA) is 42.2 Å². The molecular weight excluding hydrogens is 310 g/mol. The molecule has 3 heteroatoms. The van der Waals surface area contributed by atoms with Gasteiger partial charge >= 0.3 is 0 Å². The third-order valence-electron chi connectivity index (χ3n) is 4.68. The molecule has 0 radical (unpaired) electrons. The molecule has 0 aliphatic carbocycles. The summed E-state index contributed by atoms with van der Waals surface area (Å²) < 4.78 is 5.68. The van der Waals surface area contributed by atoms with E-state index in [1.807, 2.05) is 32.0 Å². The molecule has 0 atom stereocenters. The van der Waals surface area contributed by atoms with E-state index >= 15 is 0 Å². The monoisotopic (exact) mass is 335 g/mol. The first-order valence-corrected chi connectivity index (χ1v) is 8.73. The molecule has 0 fully saturated rings. The molecule has 130 valence electrons. The van der Waals surface area contributed by atoms with Crippen LogP contribution >= 0.6 is 0 Å². The van der Waals surface area contributed by atoms with Crippen LogP contribution in [0.15, 0.2) is 41.0 Å². The lowest BCUT2D eigenvalue weighted by molar-refractivity contribution is -0.115. The van der Waals surface area contributed by atoms with Crippen molar-refractivity contribution >= 4 is 22.6 Å². The van der Waals surface area contributed by atoms with Gasteiger partial charge in [-0.2, -0.15) is 0 Å². The number of carbonyl (C=O) groups is 1. The predicted octanol–water partition coefficient (Wildman–Crippen LogP) is 5.66. The maximum atomic E-state index is 12.5. The van der Waals surface area contributed by atoms with Gasteiger partial charge in [0.25, 0.3) is 0 Å². The van der Waals surface area contributed by atoms with E-state index in [1.165, 1.54) is 11.1 Å². The van der Waals surface area contributed by atoms with Crippen LogP contribution < -0.4 is 5.32 Å². The van der Waals surface area contributed by atoms with Crippen LogP contribution in [-0.4, -0.2) is 5.91 Å². The van der Waals surface area contributed by atoms with Crippen molar-refractivity contribution in [2.75, 3.05) is 5.32 Å². The largest absolute Gasteiger partial charge is 0.464 e. The van der Waals surface area contributed by atoms with Crippen LogP contribution in [0.1, 0.15) is 47.6 Å². The second-order valence-corrected chi connectivity index (χ2v) is 7.16. The van der Waals surface area contributed by atoms with Gasteiger partial charge in [0.1, 0.15) is 5.58 Å². The number of furan rings is 1. The van der Waals surface area contributed by atoms with E-state index in [4.69, 9.17) is 4.42 Å². The Morgan fingerprint density at radius 1 is 1.08 bits per heavy atom. The summed E-state index contributed by atoms with van der Waals surface area (Å²) in [4.78, 5) is 12.5. The average Bonchev–Trinajstić information content (AvgIpc) is 2.91. The first kappa shape index (κ1) is 17.3. The smallest absolute Gasteiger partial charge is 0.228 e. The van der Waals surface area contributed by atoms with Crippen LogP contribution in [0.3, 0.4) is 0 Å². The van der Waals surface area contributed by atoms with Gasteiger partial charge in [0.15, 0.2) is 0 Å². The molecule has 0 unspecified atom stereocenters. The van der Waals surface area contributed by atoms with Gasteiger partial charge in [0.2, 0.25) is 5.91 Å². The van der Waals surface area contributed by atoms with Crippen LogP contribution in [0.4, 0.5) is 5.69 Å². The molecular formula is C22H25NO2. The Hall–Kier alpha value is -2.55. The van der Waals surface area contributed by atoms with Crippen LogP contribution in [0.2, 0.25) is 0 Å². The number of hydrogen-bond acceptors (Lipinski definition) is 2. The molecule has 1 amide bonds. The zero-order chi connectivity index (χ0) is 18.1. The number of aryl methyl sites for hydroxylation is 3. The van der Waals surface area contributed by atoms with Crippen molar-refractivity contribution in [2.24, 2.45) is 0 Å². The molecule has 3 aromatic rings. The molecule has 3 nitrogen and oxygen atoms in total. The molecule has 2 aromatic carbocycles. The Morgan fingerprint density at radius 3 is 2.56 bits per heavy atom. The Kier molecular flexibility index (Phi) is 4.67. The fourth-order valence-electron chi connectivity index (χ4n) is 3.24. The number of fused-ring (bicyclic) bond motifs is 1. The standard InChI is InChI=1S/C22H25NO2/c1-13(2)18-11-19-17(12-25-21(19)9-16(18)5)10-22(24)23-20-8-14(3)6-7-15(20)4/h6-9,11-13H,10H2,1-5H3,(H,23,24). The molecule has 1 aromatic heterocycles.